The van der Waals surface area contributed by atoms with Crippen LogP contribution in [-0.4, -0.2) is 21.0 Å². The van der Waals surface area contributed by atoms with Crippen molar-refractivity contribution < 1.29 is 9.16 Å². The summed E-state index contributed by atoms with van der Waals surface area (Å²) in [4.78, 5) is 0. The van der Waals surface area contributed by atoms with Gasteiger partial charge in [-0.2, -0.15) is 0 Å². The molecule has 0 spiro atoms. The molecule has 0 amide bonds. The van der Waals surface area contributed by atoms with E-state index in [1.807, 2.05) is 24.3 Å². The van der Waals surface area contributed by atoms with Crippen LogP contribution in [0.25, 0.3) is 0 Å². The lowest BCUT2D eigenvalue weighted by Crippen LogP contribution is -2.67. The van der Waals surface area contributed by atoms with Gasteiger partial charge in [-0.05, 0) is 21.0 Å². The van der Waals surface area contributed by atoms with Gasteiger partial charge in [0, 0.05) is 0 Å². The molecule has 0 aromatic heterocycles. The van der Waals surface area contributed by atoms with Crippen LogP contribution in [0.1, 0.15) is 26.3 Å². The first-order valence-corrected chi connectivity index (χ1v) is 12.4. The highest BCUT2D eigenvalue weighted by molar-refractivity contribution is 6.99. The van der Waals surface area contributed by atoms with Gasteiger partial charge in [0.15, 0.2) is 0 Å². The number of ether oxygens (including phenoxy) is 1. The van der Waals surface area contributed by atoms with Crippen molar-refractivity contribution in [2.24, 2.45) is 0 Å². The fourth-order valence-electron chi connectivity index (χ4n) is 3.94. The molecule has 0 saturated carbocycles. The predicted molar refractivity (Wildman–Crippen MR) is 129 cm³/mol. The highest BCUT2D eigenvalue weighted by atomic mass is 28.4. The molecule has 0 aliphatic heterocycles. The summed E-state index contributed by atoms with van der Waals surface area (Å²) in [5.41, 5.74) is 1.16. The molecular weight excluding hydrogens is 384 g/mol. The minimum absolute atomic E-state index is 0.0730. The molecule has 0 fully saturated rings. The van der Waals surface area contributed by atoms with Crippen molar-refractivity contribution in [3.05, 3.63) is 109 Å². The van der Waals surface area contributed by atoms with Crippen LogP contribution < -0.4 is 10.4 Å². The van der Waals surface area contributed by atoms with Crippen LogP contribution in [0.3, 0.4) is 0 Å². The zero-order valence-electron chi connectivity index (χ0n) is 18.3. The van der Waals surface area contributed by atoms with Crippen LogP contribution >= 0.6 is 0 Å². The van der Waals surface area contributed by atoms with Crippen LogP contribution in [0.5, 0.6) is 0 Å². The zero-order valence-corrected chi connectivity index (χ0v) is 19.3. The first-order chi connectivity index (χ1) is 14.5. The number of rotatable bonds is 9. The van der Waals surface area contributed by atoms with E-state index in [0.29, 0.717) is 13.2 Å². The molecule has 0 N–H and O–H groups in total. The van der Waals surface area contributed by atoms with Gasteiger partial charge < -0.3 is 9.16 Å². The van der Waals surface area contributed by atoms with Crippen molar-refractivity contribution in [3.63, 3.8) is 0 Å². The highest BCUT2D eigenvalue weighted by Gasteiger charge is 2.51. The van der Waals surface area contributed by atoms with Gasteiger partial charge >= 0.3 is 0 Å². The van der Waals surface area contributed by atoms with Crippen molar-refractivity contribution in [1.29, 1.82) is 0 Å². The van der Waals surface area contributed by atoms with Crippen molar-refractivity contribution in [3.8, 4) is 0 Å². The molecule has 0 aliphatic carbocycles. The Kier molecular flexibility index (Phi) is 7.43. The predicted octanol–water partition coefficient (Wildman–Crippen LogP) is 5.33. The Hall–Kier alpha value is -2.46. The Bertz CT molecular complexity index is 862. The van der Waals surface area contributed by atoms with Crippen LogP contribution in [0, 0.1) is 0 Å². The summed E-state index contributed by atoms with van der Waals surface area (Å²) in [5.74, 6) is 0. The topological polar surface area (TPSA) is 18.5 Å². The second-order valence-electron chi connectivity index (χ2n) is 8.56. The molecule has 3 rings (SSSR count). The standard InChI is InChI=1S/C27H32O2Si/c1-5-24(22-28-21-23-15-9-6-10-16-23)29-30(27(2,3)4,25-17-11-7-12-18-25)26-19-13-8-14-20-26/h5-20,24H,1,21-22H2,2-4H3/t24-/m1/s1. The average Bonchev–Trinajstić information content (AvgIpc) is 2.77. The molecule has 0 saturated heterocycles. The van der Waals surface area contributed by atoms with Gasteiger partial charge in [-0.1, -0.05) is 118 Å². The molecule has 0 bridgehead atoms. The van der Waals surface area contributed by atoms with Crippen LogP contribution in [0.4, 0.5) is 0 Å². The normalized spacial score (nSPS) is 13.0. The Morgan fingerprint density at radius 1 is 0.800 bits per heavy atom. The Morgan fingerprint density at radius 3 is 1.70 bits per heavy atom. The zero-order chi connectivity index (χ0) is 21.5. The summed E-state index contributed by atoms with van der Waals surface area (Å²) in [6.45, 7) is 11.9. The average molecular weight is 417 g/mol. The van der Waals surface area contributed by atoms with E-state index in [1.54, 1.807) is 0 Å². The fourth-order valence-corrected chi connectivity index (χ4v) is 8.57. The van der Waals surface area contributed by atoms with E-state index in [0.717, 1.165) is 5.56 Å². The Labute approximate surface area is 182 Å². The molecular formula is C27H32O2Si. The summed E-state index contributed by atoms with van der Waals surface area (Å²) in [5, 5.41) is 2.45. The quantitative estimate of drug-likeness (QED) is 0.346. The molecule has 1 atom stereocenters. The molecule has 3 heteroatoms. The molecule has 0 aliphatic rings. The molecule has 156 valence electrons. The van der Waals surface area contributed by atoms with E-state index in [9.17, 15) is 0 Å². The number of hydrogen-bond acceptors (Lipinski definition) is 2. The van der Waals surface area contributed by atoms with Crippen molar-refractivity contribution in [1.82, 2.24) is 0 Å². The second kappa shape index (κ2) is 10.0. The van der Waals surface area contributed by atoms with Gasteiger partial charge in [0.1, 0.15) is 0 Å². The smallest absolute Gasteiger partial charge is 0.261 e. The van der Waals surface area contributed by atoms with E-state index in [4.69, 9.17) is 9.16 Å². The maximum Gasteiger partial charge on any atom is 0.261 e. The summed E-state index contributed by atoms with van der Waals surface area (Å²) in [7, 11) is -2.61. The van der Waals surface area contributed by atoms with E-state index < -0.39 is 8.32 Å². The van der Waals surface area contributed by atoms with Gasteiger partial charge in [0.25, 0.3) is 8.32 Å². The third kappa shape index (κ3) is 4.98. The second-order valence-corrected chi connectivity index (χ2v) is 12.8. The highest BCUT2D eigenvalue weighted by Crippen LogP contribution is 2.37. The van der Waals surface area contributed by atoms with Crippen molar-refractivity contribution in [2.45, 2.75) is 38.5 Å². The third-order valence-electron chi connectivity index (χ3n) is 5.40. The van der Waals surface area contributed by atoms with Crippen molar-refractivity contribution >= 4 is 18.7 Å². The van der Waals surface area contributed by atoms with Gasteiger partial charge in [-0.25, -0.2) is 0 Å². The van der Waals surface area contributed by atoms with Gasteiger partial charge in [0.05, 0.1) is 19.3 Å². The molecule has 2 nitrogen and oxygen atoms in total. The molecule has 3 aromatic rings. The fraction of sp³-hybridized carbons (Fsp3) is 0.259. The number of benzene rings is 3. The SMILES string of the molecule is C=C[C@H](COCc1ccccc1)O[Si](c1ccccc1)(c1ccccc1)C(C)(C)C. The van der Waals surface area contributed by atoms with E-state index >= 15 is 0 Å². The Morgan fingerprint density at radius 2 is 1.27 bits per heavy atom. The maximum atomic E-state index is 7.06. The van der Waals surface area contributed by atoms with E-state index in [2.05, 4.69) is 100 Å². The molecule has 0 heterocycles. The lowest BCUT2D eigenvalue weighted by atomic mass is 10.2. The summed E-state index contributed by atoms with van der Waals surface area (Å²) in [6, 6.07) is 31.6. The van der Waals surface area contributed by atoms with E-state index in [-0.39, 0.29) is 11.1 Å². The Balaban J connectivity index is 1.92. The minimum Gasteiger partial charge on any atom is -0.399 e. The minimum atomic E-state index is -2.61. The van der Waals surface area contributed by atoms with Gasteiger partial charge in [-0.15, -0.1) is 6.58 Å². The van der Waals surface area contributed by atoms with Crippen LogP contribution in [0.2, 0.25) is 5.04 Å². The largest absolute Gasteiger partial charge is 0.399 e. The van der Waals surface area contributed by atoms with Gasteiger partial charge in [-0.3, -0.25) is 0 Å². The number of hydrogen-bond donors (Lipinski definition) is 0. The lowest BCUT2D eigenvalue weighted by molar-refractivity contribution is 0.0569. The van der Waals surface area contributed by atoms with Crippen LogP contribution in [-0.2, 0) is 15.8 Å². The third-order valence-corrected chi connectivity index (χ3v) is 10.5. The van der Waals surface area contributed by atoms with Crippen molar-refractivity contribution in [2.75, 3.05) is 6.61 Å². The monoisotopic (exact) mass is 416 g/mol. The maximum absolute atomic E-state index is 7.06. The summed E-state index contributed by atoms with van der Waals surface area (Å²) >= 11 is 0. The molecule has 0 unspecified atom stereocenters. The van der Waals surface area contributed by atoms with E-state index in [1.165, 1.54) is 10.4 Å². The van der Waals surface area contributed by atoms with Crippen LogP contribution in [0.15, 0.2) is 104 Å². The first-order valence-electron chi connectivity index (χ1n) is 10.5. The van der Waals surface area contributed by atoms with Gasteiger partial charge in [0.2, 0.25) is 0 Å². The molecule has 0 radical (unpaired) electrons. The first kappa shape index (κ1) is 22.2. The molecule has 30 heavy (non-hydrogen) atoms. The lowest BCUT2D eigenvalue weighted by Gasteiger charge is -2.44. The summed E-state index contributed by atoms with van der Waals surface area (Å²) in [6.07, 6.45) is 1.68. The molecule has 3 aromatic carbocycles. The summed E-state index contributed by atoms with van der Waals surface area (Å²) < 4.78 is 13.1.